The Kier molecular flexibility index (Phi) is 4.93. The van der Waals surface area contributed by atoms with E-state index in [1.54, 1.807) is 6.20 Å². The molecule has 0 saturated heterocycles. The molecule has 1 aliphatic rings. The zero-order valence-corrected chi connectivity index (χ0v) is 13.2. The van der Waals surface area contributed by atoms with Gasteiger partial charge in [-0.3, -0.25) is 10.1 Å². The Morgan fingerprint density at radius 1 is 1.38 bits per heavy atom. The number of nitrogens with zero attached hydrogens (tertiary/aromatic N) is 2. The van der Waals surface area contributed by atoms with E-state index in [2.05, 4.69) is 45.3 Å². The van der Waals surface area contributed by atoms with E-state index in [-0.39, 0.29) is 0 Å². The van der Waals surface area contributed by atoms with E-state index in [1.165, 1.54) is 30.6 Å². The third-order valence-electron chi connectivity index (χ3n) is 4.04. The first-order chi connectivity index (χ1) is 10.4. The van der Waals surface area contributed by atoms with Gasteiger partial charge in [-0.2, -0.15) is 16.9 Å². The van der Waals surface area contributed by atoms with E-state index in [9.17, 15) is 0 Å². The van der Waals surface area contributed by atoms with Crippen LogP contribution in [0.25, 0.3) is 11.3 Å². The van der Waals surface area contributed by atoms with Crippen LogP contribution in [0.15, 0.2) is 30.7 Å². The normalized spacial score (nSPS) is 21.8. The van der Waals surface area contributed by atoms with E-state index in [4.69, 9.17) is 0 Å². The summed E-state index contributed by atoms with van der Waals surface area (Å²) in [5.74, 6) is 1.23. The first kappa shape index (κ1) is 14.6. The van der Waals surface area contributed by atoms with Gasteiger partial charge in [-0.1, -0.05) is 6.92 Å². The SMILES string of the molecule is CCSC1CCC(NCc2cn[nH]c2-c2cccnc2)C1. The van der Waals surface area contributed by atoms with Crippen LogP contribution in [0, 0.1) is 0 Å². The molecule has 0 radical (unpaired) electrons. The first-order valence-electron chi connectivity index (χ1n) is 7.64. The Morgan fingerprint density at radius 3 is 3.14 bits per heavy atom. The van der Waals surface area contributed by atoms with E-state index < -0.39 is 0 Å². The molecule has 0 aliphatic heterocycles. The van der Waals surface area contributed by atoms with Gasteiger partial charge in [-0.15, -0.1) is 0 Å². The quantitative estimate of drug-likeness (QED) is 0.860. The molecule has 1 aliphatic carbocycles. The smallest absolute Gasteiger partial charge is 0.0710 e. The van der Waals surface area contributed by atoms with Gasteiger partial charge in [-0.25, -0.2) is 0 Å². The van der Waals surface area contributed by atoms with Crippen LogP contribution in [0.3, 0.4) is 0 Å². The molecule has 0 spiro atoms. The molecule has 3 rings (SSSR count). The molecule has 0 amide bonds. The highest BCUT2D eigenvalue weighted by Crippen LogP contribution is 2.30. The molecular formula is C16H22N4S. The molecule has 1 fully saturated rings. The van der Waals surface area contributed by atoms with Crippen LogP contribution in [0.4, 0.5) is 0 Å². The molecule has 2 N–H and O–H groups in total. The summed E-state index contributed by atoms with van der Waals surface area (Å²) in [5.41, 5.74) is 3.39. The maximum atomic E-state index is 4.19. The molecule has 1 saturated carbocycles. The minimum Gasteiger partial charge on any atom is -0.310 e. The summed E-state index contributed by atoms with van der Waals surface area (Å²) in [7, 11) is 0. The van der Waals surface area contributed by atoms with Crippen LogP contribution in [0.1, 0.15) is 31.7 Å². The number of aromatic nitrogens is 3. The van der Waals surface area contributed by atoms with Crippen molar-refractivity contribution in [1.82, 2.24) is 20.5 Å². The molecule has 0 bridgehead atoms. The van der Waals surface area contributed by atoms with Crippen molar-refractivity contribution in [1.29, 1.82) is 0 Å². The van der Waals surface area contributed by atoms with Crippen molar-refractivity contribution >= 4 is 11.8 Å². The van der Waals surface area contributed by atoms with Crippen LogP contribution >= 0.6 is 11.8 Å². The van der Waals surface area contributed by atoms with Crippen LogP contribution < -0.4 is 5.32 Å². The summed E-state index contributed by atoms with van der Waals surface area (Å²) in [6, 6.07) is 4.66. The van der Waals surface area contributed by atoms with Gasteiger partial charge in [-0.05, 0) is 37.1 Å². The average Bonchev–Trinajstić information content (AvgIpc) is 3.15. The van der Waals surface area contributed by atoms with Crippen LogP contribution in [-0.2, 0) is 6.54 Å². The Balaban J connectivity index is 1.59. The van der Waals surface area contributed by atoms with Gasteiger partial charge < -0.3 is 5.32 Å². The second-order valence-electron chi connectivity index (χ2n) is 5.48. The molecule has 21 heavy (non-hydrogen) atoms. The third-order valence-corrected chi connectivity index (χ3v) is 5.27. The van der Waals surface area contributed by atoms with Gasteiger partial charge in [0, 0.05) is 41.4 Å². The Labute approximate surface area is 130 Å². The van der Waals surface area contributed by atoms with Gasteiger partial charge in [0.2, 0.25) is 0 Å². The van der Waals surface area contributed by atoms with Crippen molar-refractivity contribution in [2.24, 2.45) is 0 Å². The fraction of sp³-hybridized carbons (Fsp3) is 0.500. The topological polar surface area (TPSA) is 53.6 Å². The molecule has 2 atom stereocenters. The standard InChI is InChI=1S/C16H22N4S/c1-2-21-15-6-5-14(8-15)18-10-13-11-19-20-16(13)12-4-3-7-17-9-12/h3-4,7,9,11,14-15,18H,2,5-6,8,10H2,1H3,(H,19,20). The van der Waals surface area contributed by atoms with Crippen LogP contribution in [0.5, 0.6) is 0 Å². The lowest BCUT2D eigenvalue weighted by atomic mass is 10.1. The average molecular weight is 302 g/mol. The Hall–Kier alpha value is -1.33. The number of pyridine rings is 1. The molecule has 2 heterocycles. The molecule has 2 unspecified atom stereocenters. The molecule has 2 aromatic rings. The summed E-state index contributed by atoms with van der Waals surface area (Å²) in [4.78, 5) is 4.18. The fourth-order valence-corrected chi connectivity index (χ4v) is 4.12. The second-order valence-corrected chi connectivity index (χ2v) is 7.06. The molecule has 112 valence electrons. The zero-order valence-electron chi connectivity index (χ0n) is 12.4. The highest BCUT2D eigenvalue weighted by molar-refractivity contribution is 7.99. The van der Waals surface area contributed by atoms with Gasteiger partial charge in [0.1, 0.15) is 0 Å². The van der Waals surface area contributed by atoms with Gasteiger partial charge >= 0.3 is 0 Å². The number of rotatable bonds is 6. The first-order valence-corrected chi connectivity index (χ1v) is 8.69. The van der Waals surface area contributed by atoms with E-state index >= 15 is 0 Å². The minimum absolute atomic E-state index is 0.644. The Bertz CT molecular complexity index is 554. The summed E-state index contributed by atoms with van der Waals surface area (Å²) < 4.78 is 0. The van der Waals surface area contributed by atoms with Gasteiger partial charge in [0.15, 0.2) is 0 Å². The number of nitrogens with one attached hydrogen (secondary N) is 2. The predicted molar refractivity (Wildman–Crippen MR) is 88.2 cm³/mol. The highest BCUT2D eigenvalue weighted by Gasteiger charge is 2.24. The molecule has 2 aromatic heterocycles. The van der Waals surface area contributed by atoms with Crippen LogP contribution in [-0.4, -0.2) is 32.2 Å². The van der Waals surface area contributed by atoms with Gasteiger partial charge in [0.05, 0.1) is 11.9 Å². The summed E-state index contributed by atoms with van der Waals surface area (Å²) in [5, 5.41) is 11.8. The van der Waals surface area contributed by atoms with Crippen molar-refractivity contribution in [3.05, 3.63) is 36.3 Å². The van der Waals surface area contributed by atoms with E-state index in [0.29, 0.717) is 6.04 Å². The Morgan fingerprint density at radius 2 is 2.33 bits per heavy atom. The summed E-state index contributed by atoms with van der Waals surface area (Å²) in [6.07, 6.45) is 9.51. The zero-order chi connectivity index (χ0) is 14.5. The molecule has 5 heteroatoms. The van der Waals surface area contributed by atoms with Crippen LogP contribution in [0.2, 0.25) is 0 Å². The third kappa shape index (κ3) is 3.66. The minimum atomic E-state index is 0.644. The highest BCUT2D eigenvalue weighted by atomic mass is 32.2. The lowest BCUT2D eigenvalue weighted by molar-refractivity contribution is 0.525. The monoisotopic (exact) mass is 302 g/mol. The number of H-pyrrole nitrogens is 1. The van der Waals surface area contributed by atoms with Crippen molar-refractivity contribution in [3.63, 3.8) is 0 Å². The van der Waals surface area contributed by atoms with Crippen molar-refractivity contribution in [3.8, 4) is 11.3 Å². The second kappa shape index (κ2) is 7.09. The van der Waals surface area contributed by atoms with Crippen molar-refractivity contribution < 1.29 is 0 Å². The predicted octanol–water partition coefficient (Wildman–Crippen LogP) is 3.24. The number of aromatic amines is 1. The van der Waals surface area contributed by atoms with E-state index in [0.717, 1.165) is 23.1 Å². The summed E-state index contributed by atoms with van der Waals surface area (Å²) >= 11 is 2.10. The van der Waals surface area contributed by atoms with E-state index in [1.807, 2.05) is 18.5 Å². The molecule has 4 nitrogen and oxygen atoms in total. The largest absolute Gasteiger partial charge is 0.310 e. The maximum absolute atomic E-state index is 4.19. The lowest BCUT2D eigenvalue weighted by Crippen LogP contribution is -2.26. The molecular weight excluding hydrogens is 280 g/mol. The molecule has 0 aromatic carbocycles. The maximum Gasteiger partial charge on any atom is 0.0710 e. The van der Waals surface area contributed by atoms with Crippen molar-refractivity contribution in [2.45, 2.75) is 44.0 Å². The fourth-order valence-electron chi connectivity index (χ4n) is 2.97. The number of hydrogen-bond donors (Lipinski definition) is 2. The lowest BCUT2D eigenvalue weighted by Gasteiger charge is -2.13. The number of hydrogen-bond acceptors (Lipinski definition) is 4. The summed E-state index contributed by atoms with van der Waals surface area (Å²) in [6.45, 7) is 3.12. The van der Waals surface area contributed by atoms with Crippen molar-refractivity contribution in [2.75, 3.05) is 5.75 Å². The van der Waals surface area contributed by atoms with Gasteiger partial charge in [0.25, 0.3) is 0 Å². The number of thioether (sulfide) groups is 1.